The van der Waals surface area contributed by atoms with Crippen LogP contribution in [0.25, 0.3) is 0 Å². The zero-order valence-electron chi connectivity index (χ0n) is 30.2. The van der Waals surface area contributed by atoms with Gasteiger partial charge in [0.15, 0.2) is 0 Å². The summed E-state index contributed by atoms with van der Waals surface area (Å²) in [5.74, 6) is 7.95. The first-order valence-electron chi connectivity index (χ1n) is 19.4. The van der Waals surface area contributed by atoms with E-state index in [9.17, 15) is 0 Å². The molecule has 0 aromatic heterocycles. The largest absolute Gasteiger partial charge is 0.459 e. The first-order valence-corrected chi connectivity index (χ1v) is 19.4. The number of hydrogen-bond acceptors (Lipinski definition) is 6. The smallest absolute Gasteiger partial charge is 0.266 e. The maximum atomic E-state index is 7.26. The maximum Gasteiger partial charge on any atom is 0.266 e. The van der Waals surface area contributed by atoms with E-state index in [1.165, 1.54) is 0 Å². The monoisotopic (exact) mass is 729 g/mol. The van der Waals surface area contributed by atoms with E-state index in [1.54, 1.807) is 0 Å². The lowest BCUT2D eigenvalue weighted by Gasteiger charge is -2.44. The van der Waals surface area contributed by atoms with Gasteiger partial charge in [-0.1, -0.05) is 97.1 Å². The van der Waals surface area contributed by atoms with Gasteiger partial charge in [-0.15, -0.1) is 0 Å². The Bertz CT molecular complexity index is 3090. The molecule has 57 heavy (non-hydrogen) atoms. The number of nitrogens with zero attached hydrogens (tertiary/aromatic N) is 1. The predicted molar refractivity (Wildman–Crippen MR) is 228 cm³/mol. The Kier molecular flexibility index (Phi) is 5.66. The van der Waals surface area contributed by atoms with Crippen molar-refractivity contribution in [2.75, 3.05) is 4.90 Å². The van der Waals surface area contributed by atoms with Crippen LogP contribution < -0.4 is 77.7 Å². The molecule has 9 heteroatoms. The molecular formula is C48H26B3NO5. The van der Waals surface area contributed by atoms with E-state index in [4.69, 9.17) is 23.7 Å². The summed E-state index contributed by atoms with van der Waals surface area (Å²) in [6.45, 7) is -0.507. The van der Waals surface area contributed by atoms with Crippen LogP contribution in [-0.4, -0.2) is 20.1 Å². The Morgan fingerprint density at radius 1 is 0.298 bits per heavy atom. The lowest BCUT2D eigenvalue weighted by molar-refractivity contribution is 0.447. The van der Waals surface area contributed by atoms with Gasteiger partial charge >= 0.3 is 0 Å². The summed E-state index contributed by atoms with van der Waals surface area (Å²) in [7, 11) is 0. The number of para-hydroxylation sites is 5. The molecule has 6 aliphatic rings. The first-order chi connectivity index (χ1) is 28.3. The van der Waals surface area contributed by atoms with Crippen molar-refractivity contribution in [2.24, 2.45) is 0 Å². The predicted octanol–water partition coefficient (Wildman–Crippen LogP) is 5.55. The summed E-state index contributed by atoms with van der Waals surface area (Å²) in [5.41, 5.74) is 12.6. The van der Waals surface area contributed by atoms with Crippen molar-refractivity contribution < 1.29 is 23.7 Å². The first kappa shape index (κ1) is 30.0. The van der Waals surface area contributed by atoms with E-state index in [-0.39, 0.29) is 20.1 Å². The highest BCUT2D eigenvalue weighted by Crippen LogP contribution is 2.48. The molecule has 0 N–H and O–H groups in total. The minimum atomic E-state index is -0.332. The molecule has 0 saturated carbocycles. The number of rotatable bonds is 1. The molecule has 8 aromatic carbocycles. The van der Waals surface area contributed by atoms with Crippen LogP contribution in [0.3, 0.4) is 0 Å². The Morgan fingerprint density at radius 3 is 1.32 bits per heavy atom. The summed E-state index contributed by atoms with van der Waals surface area (Å²) >= 11 is 0. The average Bonchev–Trinajstić information content (AvgIpc) is 3.26. The molecule has 6 aliphatic heterocycles. The summed E-state index contributed by atoms with van der Waals surface area (Å²) in [6.07, 6.45) is 0. The Balaban J connectivity index is 1.11. The van der Waals surface area contributed by atoms with Crippen LogP contribution in [0, 0.1) is 0 Å². The van der Waals surface area contributed by atoms with Crippen LogP contribution in [0.1, 0.15) is 0 Å². The van der Waals surface area contributed by atoms with Crippen molar-refractivity contribution in [2.45, 2.75) is 0 Å². The third kappa shape index (κ3) is 3.83. The van der Waals surface area contributed by atoms with Gasteiger partial charge < -0.3 is 28.6 Å². The lowest BCUT2D eigenvalue weighted by Crippen LogP contribution is -2.65. The topological polar surface area (TPSA) is 49.4 Å². The second-order valence-corrected chi connectivity index (χ2v) is 15.4. The van der Waals surface area contributed by atoms with Crippen LogP contribution in [0.15, 0.2) is 158 Å². The van der Waals surface area contributed by atoms with Gasteiger partial charge in [0.2, 0.25) is 0 Å². The number of ether oxygens (including phenoxy) is 5. The van der Waals surface area contributed by atoms with Gasteiger partial charge in [-0.05, 0) is 81.3 Å². The fourth-order valence-electron chi connectivity index (χ4n) is 10.4. The third-order valence-electron chi connectivity index (χ3n) is 12.6. The number of benzene rings is 8. The molecule has 0 fully saturated rings. The molecule has 0 amide bonds. The number of anilines is 3. The van der Waals surface area contributed by atoms with Gasteiger partial charge in [0, 0.05) is 45.6 Å². The Hall–Kier alpha value is -7.25. The number of hydrogen-bond donors (Lipinski definition) is 0. The van der Waals surface area contributed by atoms with Gasteiger partial charge in [-0.3, -0.25) is 0 Å². The summed E-state index contributed by atoms with van der Waals surface area (Å²) in [5, 5.41) is 0. The maximum absolute atomic E-state index is 7.26. The second kappa shape index (κ2) is 10.7. The fraction of sp³-hybridized carbons (Fsp3) is 0. The molecular weight excluding hydrogens is 703 g/mol. The summed E-state index contributed by atoms with van der Waals surface area (Å²) < 4.78 is 35.1. The van der Waals surface area contributed by atoms with E-state index < -0.39 is 0 Å². The second-order valence-electron chi connectivity index (χ2n) is 15.4. The van der Waals surface area contributed by atoms with Crippen LogP contribution in [0.5, 0.6) is 57.5 Å². The van der Waals surface area contributed by atoms with Gasteiger partial charge in [-0.2, -0.15) is 0 Å². The van der Waals surface area contributed by atoms with Crippen LogP contribution >= 0.6 is 0 Å². The van der Waals surface area contributed by atoms with E-state index in [0.717, 1.165) is 118 Å². The molecule has 0 spiro atoms. The molecule has 0 atom stereocenters. The van der Waals surface area contributed by atoms with Crippen molar-refractivity contribution in [3.05, 3.63) is 158 Å². The van der Waals surface area contributed by atoms with Crippen LogP contribution in [0.2, 0.25) is 0 Å². The molecule has 8 aromatic rings. The molecule has 0 saturated heterocycles. The average molecular weight is 729 g/mol. The van der Waals surface area contributed by atoms with Crippen LogP contribution in [0.4, 0.5) is 17.1 Å². The standard InChI is InChI=1S/C48H26B3NO5/c1-2-13-27(14-3-1)52-32-19-12-24-38-42(32)51(43-33(52)25-39-44-47(43)56-36-22-10-6-17-30(36)49(44)28-15-4-8-20-34(28)53-39)46-41(55-38)26-40-45-48(46)57-37-23-11-7-18-31(37)50(45)29-16-5-9-21-35(29)54-40/h1-26H. The zero-order chi connectivity index (χ0) is 36.9. The van der Waals surface area contributed by atoms with Crippen molar-refractivity contribution in [3.63, 3.8) is 0 Å². The van der Waals surface area contributed by atoms with Gasteiger partial charge in [0.1, 0.15) is 57.5 Å². The molecule has 6 heterocycles. The highest BCUT2D eigenvalue weighted by Gasteiger charge is 2.52. The van der Waals surface area contributed by atoms with Gasteiger partial charge in [0.05, 0.1) is 0 Å². The molecule has 6 nitrogen and oxygen atoms in total. The molecule has 262 valence electrons. The fourth-order valence-corrected chi connectivity index (χ4v) is 10.4. The van der Waals surface area contributed by atoms with E-state index in [2.05, 4.69) is 138 Å². The van der Waals surface area contributed by atoms with Crippen LogP contribution in [-0.2, 0) is 0 Å². The minimum absolute atomic E-state index is 0.0874. The van der Waals surface area contributed by atoms with E-state index in [0.29, 0.717) is 5.75 Å². The van der Waals surface area contributed by atoms with Crippen molar-refractivity contribution in [3.8, 4) is 57.5 Å². The SMILES string of the molecule is c1ccc(N2c3cccc4c3B(c3c(cc5c6c3Oc3ccccc3B6c3ccccc3O5)O4)c3c2cc2c4c3Oc3ccccc3B4c3ccccc3O2)cc1. The summed E-state index contributed by atoms with van der Waals surface area (Å²) in [6, 6.07) is 54.7. The molecule has 0 bridgehead atoms. The molecule has 0 unspecified atom stereocenters. The van der Waals surface area contributed by atoms with Crippen molar-refractivity contribution in [1.82, 2.24) is 0 Å². The van der Waals surface area contributed by atoms with Crippen molar-refractivity contribution in [1.29, 1.82) is 0 Å². The molecule has 14 rings (SSSR count). The highest BCUT2D eigenvalue weighted by molar-refractivity contribution is 7.04. The Morgan fingerprint density at radius 2 is 0.737 bits per heavy atom. The minimum Gasteiger partial charge on any atom is -0.459 e. The highest BCUT2D eigenvalue weighted by atomic mass is 16.5. The Labute approximate surface area is 329 Å². The van der Waals surface area contributed by atoms with Gasteiger partial charge in [-0.25, -0.2) is 0 Å². The quantitative estimate of drug-likeness (QED) is 0.207. The van der Waals surface area contributed by atoms with Crippen molar-refractivity contribution >= 4 is 86.4 Å². The summed E-state index contributed by atoms with van der Waals surface area (Å²) in [4.78, 5) is 2.33. The third-order valence-corrected chi connectivity index (χ3v) is 12.6. The lowest BCUT2D eigenvalue weighted by atomic mass is 9.29. The molecule has 0 aliphatic carbocycles. The van der Waals surface area contributed by atoms with Gasteiger partial charge in [0.25, 0.3) is 20.1 Å². The number of fused-ring (bicyclic) bond motifs is 14. The normalized spacial score (nSPS) is 14.5. The zero-order valence-corrected chi connectivity index (χ0v) is 30.2. The molecule has 0 radical (unpaired) electrons. The van der Waals surface area contributed by atoms with E-state index >= 15 is 0 Å². The van der Waals surface area contributed by atoms with E-state index in [1.807, 2.05) is 24.3 Å².